The third-order valence-electron chi connectivity index (χ3n) is 4.85. The number of esters is 1. The second kappa shape index (κ2) is 11.4. The number of ether oxygens (including phenoxy) is 3. The highest BCUT2D eigenvalue weighted by atomic mass is 32.2. The molecule has 3 rings (SSSR count). The fourth-order valence-corrected chi connectivity index (χ4v) is 4.75. The van der Waals surface area contributed by atoms with Gasteiger partial charge in [-0.15, -0.1) is 0 Å². The average molecular weight is 486 g/mol. The van der Waals surface area contributed by atoms with Crippen LogP contribution in [0.25, 0.3) is 6.08 Å². The van der Waals surface area contributed by atoms with Crippen molar-refractivity contribution >= 4 is 33.7 Å². The first kappa shape index (κ1) is 24.9. The number of para-hydroxylation sites is 1. The van der Waals surface area contributed by atoms with Crippen LogP contribution in [0.15, 0.2) is 53.4 Å². The van der Waals surface area contributed by atoms with Crippen molar-refractivity contribution in [2.75, 3.05) is 45.3 Å². The van der Waals surface area contributed by atoms with Crippen molar-refractivity contribution in [3.63, 3.8) is 0 Å². The highest BCUT2D eigenvalue weighted by Gasteiger charge is 2.29. The third-order valence-corrected chi connectivity index (χ3v) is 6.77. The van der Waals surface area contributed by atoms with Crippen molar-refractivity contribution in [2.45, 2.75) is 4.90 Å². The van der Waals surface area contributed by atoms with Gasteiger partial charge < -0.3 is 19.5 Å². The highest BCUT2D eigenvalue weighted by Crippen LogP contribution is 2.28. The van der Waals surface area contributed by atoms with E-state index < -0.39 is 28.5 Å². The van der Waals surface area contributed by atoms with E-state index in [-0.39, 0.29) is 29.3 Å². The SMILES string of the molecule is COc1ccc(/C=C/C(=O)OCC(=O)Nc2ccccc2C#N)cc1S(=O)(=O)N1CCOCC1. The molecule has 2 aromatic rings. The van der Waals surface area contributed by atoms with Gasteiger partial charge in [0.05, 0.1) is 31.6 Å². The first-order valence-electron chi connectivity index (χ1n) is 10.2. The number of amides is 1. The zero-order valence-electron chi connectivity index (χ0n) is 18.4. The number of hydrogen-bond acceptors (Lipinski definition) is 8. The Morgan fingerprint density at radius 3 is 2.65 bits per heavy atom. The summed E-state index contributed by atoms with van der Waals surface area (Å²) in [6.45, 7) is 0.533. The van der Waals surface area contributed by atoms with Gasteiger partial charge >= 0.3 is 5.97 Å². The van der Waals surface area contributed by atoms with Gasteiger partial charge in [-0.25, -0.2) is 13.2 Å². The lowest BCUT2D eigenvalue weighted by atomic mass is 10.2. The van der Waals surface area contributed by atoms with Gasteiger partial charge in [-0.2, -0.15) is 9.57 Å². The van der Waals surface area contributed by atoms with Crippen molar-refractivity contribution in [1.29, 1.82) is 5.26 Å². The summed E-state index contributed by atoms with van der Waals surface area (Å²) >= 11 is 0. The van der Waals surface area contributed by atoms with Gasteiger partial charge in [-0.3, -0.25) is 4.79 Å². The van der Waals surface area contributed by atoms with Gasteiger partial charge in [-0.05, 0) is 35.9 Å². The van der Waals surface area contributed by atoms with Crippen LogP contribution in [0.1, 0.15) is 11.1 Å². The number of carbonyl (C=O) groups excluding carboxylic acids is 2. The number of morpholine rings is 1. The number of methoxy groups -OCH3 is 1. The highest BCUT2D eigenvalue weighted by molar-refractivity contribution is 7.89. The van der Waals surface area contributed by atoms with E-state index in [9.17, 15) is 18.0 Å². The summed E-state index contributed by atoms with van der Waals surface area (Å²) in [7, 11) is -2.44. The molecule has 0 aliphatic carbocycles. The zero-order valence-corrected chi connectivity index (χ0v) is 19.2. The molecule has 2 aromatic carbocycles. The molecule has 1 amide bonds. The van der Waals surface area contributed by atoms with Crippen molar-refractivity contribution in [1.82, 2.24) is 4.31 Å². The van der Waals surface area contributed by atoms with E-state index in [1.54, 1.807) is 30.3 Å². The van der Waals surface area contributed by atoms with Gasteiger partial charge in [0.15, 0.2) is 6.61 Å². The molecule has 0 bridgehead atoms. The van der Waals surface area contributed by atoms with Crippen LogP contribution < -0.4 is 10.1 Å². The van der Waals surface area contributed by atoms with Crippen LogP contribution in [0, 0.1) is 11.3 Å². The number of nitrogens with zero attached hydrogens (tertiary/aromatic N) is 2. The Kier molecular flexibility index (Phi) is 8.37. The second-order valence-electron chi connectivity index (χ2n) is 7.07. The molecule has 1 heterocycles. The third kappa shape index (κ3) is 6.20. The van der Waals surface area contributed by atoms with Crippen molar-refractivity contribution in [3.8, 4) is 11.8 Å². The molecule has 1 saturated heterocycles. The Hall–Kier alpha value is -3.72. The van der Waals surface area contributed by atoms with Gasteiger partial charge in [0.2, 0.25) is 10.0 Å². The van der Waals surface area contributed by atoms with Crippen molar-refractivity contribution in [3.05, 3.63) is 59.7 Å². The zero-order chi connectivity index (χ0) is 24.6. The Morgan fingerprint density at radius 2 is 1.94 bits per heavy atom. The number of rotatable bonds is 8. The second-order valence-corrected chi connectivity index (χ2v) is 8.98. The predicted molar refractivity (Wildman–Crippen MR) is 122 cm³/mol. The topological polar surface area (TPSA) is 135 Å². The largest absolute Gasteiger partial charge is 0.495 e. The van der Waals surface area contributed by atoms with E-state index >= 15 is 0 Å². The monoisotopic (exact) mass is 485 g/mol. The molecular formula is C23H23N3O7S. The van der Waals surface area contributed by atoms with Crippen LogP contribution in [0.2, 0.25) is 0 Å². The molecule has 0 atom stereocenters. The fourth-order valence-electron chi connectivity index (χ4n) is 3.15. The maximum absolute atomic E-state index is 13.0. The van der Waals surface area contributed by atoms with Gasteiger partial charge in [0.25, 0.3) is 5.91 Å². The first-order chi connectivity index (χ1) is 16.3. The van der Waals surface area contributed by atoms with Crippen LogP contribution in [0.5, 0.6) is 5.75 Å². The van der Waals surface area contributed by atoms with Crippen LogP contribution >= 0.6 is 0 Å². The van der Waals surface area contributed by atoms with E-state index in [1.807, 2.05) is 6.07 Å². The number of carbonyl (C=O) groups is 2. The Bertz CT molecular complexity index is 1230. The minimum absolute atomic E-state index is 0.0250. The van der Waals surface area contributed by atoms with Crippen LogP contribution in [0.3, 0.4) is 0 Å². The van der Waals surface area contributed by atoms with Gasteiger partial charge in [0, 0.05) is 19.2 Å². The molecule has 0 aromatic heterocycles. The van der Waals surface area contributed by atoms with E-state index in [0.29, 0.717) is 24.5 Å². The quantitative estimate of drug-likeness (QED) is 0.442. The molecule has 1 N–H and O–H groups in total. The summed E-state index contributed by atoms with van der Waals surface area (Å²) in [5.74, 6) is -1.22. The Morgan fingerprint density at radius 1 is 1.21 bits per heavy atom. The smallest absolute Gasteiger partial charge is 0.331 e. The van der Waals surface area contributed by atoms with E-state index in [0.717, 1.165) is 6.08 Å². The molecule has 0 unspecified atom stereocenters. The summed E-state index contributed by atoms with van der Waals surface area (Å²) in [4.78, 5) is 24.0. The summed E-state index contributed by atoms with van der Waals surface area (Å²) in [5, 5.41) is 11.6. The summed E-state index contributed by atoms with van der Waals surface area (Å²) in [5.41, 5.74) is 1.02. The standard InChI is InChI=1S/C23H23N3O7S/c1-31-20-8-6-17(14-21(20)34(29,30)26-10-12-32-13-11-26)7-9-23(28)33-16-22(27)25-19-5-3-2-4-18(19)15-24/h2-9,14H,10-13,16H2,1H3,(H,25,27)/b9-7+. The average Bonchev–Trinajstić information content (AvgIpc) is 2.86. The number of benzene rings is 2. The lowest BCUT2D eigenvalue weighted by Crippen LogP contribution is -2.40. The number of anilines is 1. The molecule has 1 fully saturated rings. The maximum Gasteiger partial charge on any atom is 0.331 e. The lowest BCUT2D eigenvalue weighted by molar-refractivity contribution is -0.142. The van der Waals surface area contributed by atoms with Crippen molar-refractivity contribution < 1.29 is 32.2 Å². The molecule has 0 radical (unpaired) electrons. The molecule has 0 saturated carbocycles. The molecule has 0 spiro atoms. The Balaban J connectivity index is 1.64. The lowest BCUT2D eigenvalue weighted by Gasteiger charge is -2.26. The molecule has 1 aliphatic heterocycles. The minimum atomic E-state index is -3.82. The summed E-state index contributed by atoms with van der Waals surface area (Å²) < 4.78 is 42.8. The maximum atomic E-state index is 13.0. The molecule has 34 heavy (non-hydrogen) atoms. The first-order valence-corrected chi connectivity index (χ1v) is 11.7. The van der Waals surface area contributed by atoms with Gasteiger partial charge in [0.1, 0.15) is 16.7 Å². The van der Waals surface area contributed by atoms with Crippen molar-refractivity contribution in [2.24, 2.45) is 0 Å². The molecule has 11 heteroatoms. The fraction of sp³-hybridized carbons (Fsp3) is 0.261. The van der Waals surface area contributed by atoms with Crippen LogP contribution in [-0.4, -0.2) is 64.6 Å². The minimum Gasteiger partial charge on any atom is -0.495 e. The van der Waals surface area contributed by atoms with Gasteiger partial charge in [-0.1, -0.05) is 18.2 Å². The van der Waals surface area contributed by atoms with Crippen LogP contribution in [0.4, 0.5) is 5.69 Å². The normalized spacial score (nSPS) is 14.4. The van der Waals surface area contributed by atoms with Crippen LogP contribution in [-0.2, 0) is 29.1 Å². The summed E-state index contributed by atoms with van der Waals surface area (Å²) in [6.07, 6.45) is 2.46. The molecular weight excluding hydrogens is 462 g/mol. The molecule has 1 aliphatic rings. The van der Waals surface area contributed by atoms with E-state index in [4.69, 9.17) is 19.5 Å². The predicted octanol–water partition coefficient (Wildman–Crippen LogP) is 1.78. The number of nitriles is 1. The van der Waals surface area contributed by atoms with E-state index in [1.165, 1.54) is 29.6 Å². The Labute approximate surface area is 197 Å². The van der Waals surface area contributed by atoms with E-state index in [2.05, 4.69) is 5.32 Å². The number of nitrogens with one attached hydrogen (secondary N) is 1. The molecule has 178 valence electrons. The molecule has 10 nitrogen and oxygen atoms in total. The number of sulfonamides is 1. The summed E-state index contributed by atoms with van der Waals surface area (Å²) in [6, 6.07) is 12.9. The number of hydrogen-bond donors (Lipinski definition) is 1.